The maximum atomic E-state index is 6.44. The Kier molecular flexibility index (Phi) is 3.18. The first kappa shape index (κ1) is 13.5. The van der Waals surface area contributed by atoms with E-state index in [4.69, 9.17) is 5.73 Å². The normalized spacial score (nSPS) is 38.0. The molecular weight excluding hydrogens is 274 g/mol. The third kappa shape index (κ3) is 2.15. The average molecular weight is 297 g/mol. The van der Waals surface area contributed by atoms with E-state index in [1.165, 1.54) is 24.0 Å². The van der Waals surface area contributed by atoms with Crippen molar-refractivity contribution in [2.24, 2.45) is 11.7 Å². The number of allylic oxidation sites excluding steroid dienone is 9. The van der Waals surface area contributed by atoms with Crippen molar-refractivity contribution in [3.63, 3.8) is 0 Å². The first-order valence-electron chi connectivity index (χ1n) is 8.08. The highest BCUT2D eigenvalue weighted by molar-refractivity contribution is 8.01. The van der Waals surface area contributed by atoms with Gasteiger partial charge in [-0.3, -0.25) is 0 Å². The number of rotatable bonds is 1. The predicted octanol–water partition coefficient (Wildman–Crippen LogP) is 4.65. The van der Waals surface area contributed by atoms with Crippen molar-refractivity contribution in [1.82, 2.24) is 0 Å². The lowest BCUT2D eigenvalue weighted by molar-refractivity contribution is 0.491. The number of thioether (sulfide) groups is 1. The van der Waals surface area contributed by atoms with Gasteiger partial charge in [0.1, 0.15) is 0 Å². The lowest BCUT2D eigenvalue weighted by Gasteiger charge is -2.31. The molecule has 1 heterocycles. The predicted molar refractivity (Wildman–Crippen MR) is 92.0 cm³/mol. The summed E-state index contributed by atoms with van der Waals surface area (Å²) in [6, 6.07) is 0. The van der Waals surface area contributed by atoms with Crippen molar-refractivity contribution >= 4 is 11.8 Å². The monoisotopic (exact) mass is 297 g/mol. The summed E-state index contributed by atoms with van der Waals surface area (Å²) < 4.78 is 0.391. The van der Waals surface area contributed by atoms with E-state index in [0.29, 0.717) is 15.9 Å². The molecule has 1 nitrogen and oxygen atoms in total. The van der Waals surface area contributed by atoms with E-state index in [2.05, 4.69) is 55.1 Å². The van der Waals surface area contributed by atoms with Crippen molar-refractivity contribution in [3.05, 3.63) is 58.9 Å². The van der Waals surface area contributed by atoms with Crippen molar-refractivity contribution in [2.75, 3.05) is 0 Å². The Labute approximate surface area is 131 Å². The Morgan fingerprint density at radius 1 is 1.29 bits per heavy atom. The molecule has 2 heteroatoms. The minimum Gasteiger partial charge on any atom is -0.402 e. The van der Waals surface area contributed by atoms with Crippen LogP contribution >= 0.6 is 11.8 Å². The summed E-state index contributed by atoms with van der Waals surface area (Å²) in [5.74, 6) is 0.615. The van der Waals surface area contributed by atoms with Crippen LogP contribution in [0, 0.1) is 5.92 Å². The Balaban J connectivity index is 1.74. The van der Waals surface area contributed by atoms with Gasteiger partial charge in [0.05, 0.1) is 0 Å². The van der Waals surface area contributed by atoms with Crippen LogP contribution in [0.3, 0.4) is 0 Å². The molecule has 0 aromatic rings. The van der Waals surface area contributed by atoms with E-state index in [1.807, 2.05) is 0 Å². The third-order valence-electron chi connectivity index (χ3n) is 5.36. The van der Waals surface area contributed by atoms with E-state index in [0.717, 1.165) is 25.0 Å². The first-order valence-corrected chi connectivity index (χ1v) is 8.96. The van der Waals surface area contributed by atoms with Crippen LogP contribution in [-0.4, -0.2) is 10.00 Å². The molecule has 0 spiro atoms. The van der Waals surface area contributed by atoms with Gasteiger partial charge in [-0.05, 0) is 49.3 Å². The zero-order chi connectivity index (χ0) is 14.4. The summed E-state index contributed by atoms with van der Waals surface area (Å²) in [5.41, 5.74) is 11.9. The SMILES string of the molecule is CC12CCC=CC1C1=CC(C3=CC=CCC3)=C(N)CC1S2. The second-order valence-corrected chi connectivity index (χ2v) is 8.55. The summed E-state index contributed by atoms with van der Waals surface area (Å²) >= 11 is 2.17. The minimum atomic E-state index is 0.391. The summed E-state index contributed by atoms with van der Waals surface area (Å²) in [4.78, 5) is 0. The maximum absolute atomic E-state index is 6.44. The Morgan fingerprint density at radius 3 is 3.00 bits per heavy atom. The number of hydrogen-bond donors (Lipinski definition) is 1. The molecule has 0 aromatic carbocycles. The number of fused-ring (bicyclic) bond motifs is 3. The fourth-order valence-electron chi connectivity index (χ4n) is 4.19. The van der Waals surface area contributed by atoms with Crippen LogP contribution in [0.15, 0.2) is 58.9 Å². The van der Waals surface area contributed by atoms with Gasteiger partial charge < -0.3 is 5.73 Å². The van der Waals surface area contributed by atoms with Gasteiger partial charge in [0.2, 0.25) is 0 Å². The highest BCUT2D eigenvalue weighted by Gasteiger charge is 2.48. The number of nitrogens with two attached hydrogens (primary N) is 1. The molecule has 21 heavy (non-hydrogen) atoms. The van der Waals surface area contributed by atoms with E-state index in [9.17, 15) is 0 Å². The van der Waals surface area contributed by atoms with Gasteiger partial charge >= 0.3 is 0 Å². The standard InChI is InChI=1S/C19H23NS/c1-19-10-6-5-9-16(19)15-11-14(13-7-3-2-4-8-13)17(20)12-18(15)21-19/h2-3,5,7,9,11,16,18H,4,6,8,10,12,20H2,1H3. The second kappa shape index (κ2) is 4.95. The lowest BCUT2D eigenvalue weighted by Crippen LogP contribution is -2.28. The Bertz CT molecular complexity index is 619. The summed E-state index contributed by atoms with van der Waals surface area (Å²) in [6.45, 7) is 2.45. The van der Waals surface area contributed by atoms with E-state index in [-0.39, 0.29) is 0 Å². The van der Waals surface area contributed by atoms with Crippen molar-refractivity contribution in [3.8, 4) is 0 Å². The Morgan fingerprint density at radius 2 is 2.19 bits per heavy atom. The molecule has 0 radical (unpaired) electrons. The van der Waals surface area contributed by atoms with E-state index < -0.39 is 0 Å². The molecule has 3 atom stereocenters. The summed E-state index contributed by atoms with van der Waals surface area (Å²) in [7, 11) is 0. The van der Waals surface area contributed by atoms with E-state index >= 15 is 0 Å². The Hall–Kier alpha value is -1.15. The van der Waals surface area contributed by atoms with Crippen LogP contribution in [0.5, 0.6) is 0 Å². The van der Waals surface area contributed by atoms with Gasteiger partial charge in [0, 0.05) is 28.0 Å². The van der Waals surface area contributed by atoms with E-state index in [1.54, 1.807) is 5.57 Å². The fourth-order valence-corrected chi connectivity index (χ4v) is 6.05. The molecular formula is C19H23NS. The topological polar surface area (TPSA) is 26.0 Å². The van der Waals surface area contributed by atoms with Crippen LogP contribution in [0.2, 0.25) is 0 Å². The zero-order valence-electron chi connectivity index (χ0n) is 12.6. The molecule has 2 N–H and O–H groups in total. The van der Waals surface area contributed by atoms with Crippen LogP contribution in [0.1, 0.15) is 39.0 Å². The van der Waals surface area contributed by atoms with Gasteiger partial charge in [-0.2, -0.15) is 0 Å². The van der Waals surface area contributed by atoms with Crippen LogP contribution in [0.4, 0.5) is 0 Å². The molecule has 3 aliphatic carbocycles. The van der Waals surface area contributed by atoms with Gasteiger partial charge in [-0.15, -0.1) is 11.8 Å². The lowest BCUT2D eigenvalue weighted by atomic mass is 9.75. The maximum Gasteiger partial charge on any atom is 0.0326 e. The minimum absolute atomic E-state index is 0.391. The molecule has 110 valence electrons. The third-order valence-corrected chi connectivity index (χ3v) is 7.08. The smallest absolute Gasteiger partial charge is 0.0326 e. The van der Waals surface area contributed by atoms with Gasteiger partial charge in [0.25, 0.3) is 0 Å². The number of hydrogen-bond acceptors (Lipinski definition) is 2. The van der Waals surface area contributed by atoms with Crippen LogP contribution in [0.25, 0.3) is 0 Å². The largest absolute Gasteiger partial charge is 0.402 e. The van der Waals surface area contributed by atoms with Crippen molar-refractivity contribution in [2.45, 2.75) is 49.0 Å². The van der Waals surface area contributed by atoms with Gasteiger partial charge in [0.15, 0.2) is 0 Å². The highest BCUT2D eigenvalue weighted by atomic mass is 32.2. The summed E-state index contributed by atoms with van der Waals surface area (Å²) in [5, 5.41) is 0.603. The van der Waals surface area contributed by atoms with Crippen LogP contribution in [-0.2, 0) is 0 Å². The van der Waals surface area contributed by atoms with Crippen molar-refractivity contribution < 1.29 is 0 Å². The fraction of sp³-hybridized carbons (Fsp3) is 0.474. The van der Waals surface area contributed by atoms with Gasteiger partial charge in [-0.1, -0.05) is 36.5 Å². The quantitative estimate of drug-likeness (QED) is 0.713. The average Bonchev–Trinajstić information content (AvgIpc) is 2.78. The van der Waals surface area contributed by atoms with Gasteiger partial charge in [-0.25, -0.2) is 0 Å². The second-order valence-electron chi connectivity index (χ2n) is 6.81. The molecule has 0 bridgehead atoms. The molecule has 1 aliphatic heterocycles. The molecule has 1 saturated heterocycles. The molecule has 0 amide bonds. The van der Waals surface area contributed by atoms with Crippen LogP contribution < -0.4 is 5.73 Å². The molecule has 4 rings (SSSR count). The first-order chi connectivity index (χ1) is 10.2. The van der Waals surface area contributed by atoms with Crippen molar-refractivity contribution in [1.29, 1.82) is 0 Å². The summed E-state index contributed by atoms with van der Waals surface area (Å²) in [6.07, 6.45) is 19.8. The molecule has 4 aliphatic rings. The highest BCUT2D eigenvalue weighted by Crippen LogP contribution is 2.58. The molecule has 3 unspecified atom stereocenters. The molecule has 1 fully saturated rings. The molecule has 0 aromatic heterocycles. The zero-order valence-corrected chi connectivity index (χ0v) is 13.5. The molecule has 0 saturated carbocycles.